The van der Waals surface area contributed by atoms with Gasteiger partial charge in [-0.3, -0.25) is 4.79 Å². The van der Waals surface area contributed by atoms with E-state index in [0.29, 0.717) is 21.2 Å². The highest BCUT2D eigenvalue weighted by Gasteiger charge is 2.37. The minimum atomic E-state index is -1.30. The van der Waals surface area contributed by atoms with E-state index in [1.165, 1.54) is 23.9 Å². The van der Waals surface area contributed by atoms with Crippen molar-refractivity contribution < 1.29 is 19.2 Å². The van der Waals surface area contributed by atoms with Crippen LogP contribution in [-0.4, -0.2) is 28.3 Å². The second kappa shape index (κ2) is 6.19. The maximum absolute atomic E-state index is 13.0. The van der Waals surface area contributed by atoms with Crippen LogP contribution in [-0.2, 0) is 0 Å². The minimum Gasteiger partial charge on any atom is -0.476 e. The molecule has 3 rings (SSSR count). The molecule has 1 aromatic carbocycles. The number of rotatable bonds is 5. The zero-order valence-electron chi connectivity index (χ0n) is 11.9. The summed E-state index contributed by atoms with van der Waals surface area (Å²) in [4.78, 5) is 24.8. The molecule has 120 valence electrons. The number of nitrogens with zero attached hydrogens (tertiary/aromatic N) is 1. The fourth-order valence-corrected chi connectivity index (χ4v) is 3.62. The van der Waals surface area contributed by atoms with Gasteiger partial charge in [0.25, 0.3) is 0 Å². The number of halogens is 2. The average Bonchev–Trinajstić information content (AvgIpc) is 3.27. The van der Waals surface area contributed by atoms with Gasteiger partial charge in [0.2, 0.25) is 5.69 Å². The molecule has 1 aliphatic carbocycles. The van der Waals surface area contributed by atoms with Crippen LogP contribution in [0.1, 0.15) is 50.9 Å². The van der Waals surface area contributed by atoms with Crippen LogP contribution in [0.5, 0.6) is 0 Å². The predicted molar refractivity (Wildman–Crippen MR) is 87.1 cm³/mol. The molecule has 0 atom stereocenters. The van der Waals surface area contributed by atoms with Gasteiger partial charge in [0.05, 0.1) is 10.0 Å². The lowest BCUT2D eigenvalue weighted by Gasteiger charge is -2.10. The third-order valence-corrected chi connectivity index (χ3v) is 5.34. The van der Waals surface area contributed by atoms with E-state index < -0.39 is 11.8 Å². The normalized spacial score (nSPS) is 14.0. The third kappa shape index (κ3) is 2.86. The molecule has 1 fully saturated rings. The van der Waals surface area contributed by atoms with E-state index in [4.69, 9.17) is 27.7 Å². The number of carboxylic acid groups (broad SMARTS) is 1. The molecule has 5 nitrogen and oxygen atoms in total. The molecule has 1 heterocycles. The first-order chi connectivity index (χ1) is 11.0. The lowest BCUT2D eigenvalue weighted by molar-refractivity contribution is 0.0682. The van der Waals surface area contributed by atoms with E-state index in [1.807, 2.05) is 0 Å². The molecule has 0 saturated heterocycles. The molecule has 0 spiro atoms. The van der Waals surface area contributed by atoms with Crippen LogP contribution in [0.4, 0.5) is 0 Å². The van der Waals surface area contributed by atoms with Crippen LogP contribution >= 0.6 is 35.0 Å². The molecule has 0 bridgehead atoms. The highest BCUT2D eigenvalue weighted by atomic mass is 35.5. The maximum Gasteiger partial charge on any atom is 0.358 e. The molecule has 1 N–H and O–H groups in total. The van der Waals surface area contributed by atoms with Crippen LogP contribution in [0.2, 0.25) is 10.0 Å². The molecule has 0 aliphatic heterocycles. The molecule has 1 aliphatic rings. The van der Waals surface area contributed by atoms with Gasteiger partial charge in [0, 0.05) is 16.4 Å². The summed E-state index contributed by atoms with van der Waals surface area (Å²) in [6.45, 7) is 0. The van der Waals surface area contributed by atoms with Gasteiger partial charge in [-0.1, -0.05) is 28.4 Å². The summed E-state index contributed by atoms with van der Waals surface area (Å²) in [6, 6.07) is 3.05. The Morgan fingerprint density at radius 1 is 1.35 bits per heavy atom. The molecule has 2 aromatic rings. The zero-order valence-corrected chi connectivity index (χ0v) is 14.3. The Balaban J connectivity index is 2.16. The number of aromatic nitrogens is 1. The number of benzene rings is 1. The van der Waals surface area contributed by atoms with Crippen LogP contribution in [0, 0.1) is 0 Å². The summed E-state index contributed by atoms with van der Waals surface area (Å²) >= 11 is 13.4. The number of hydrogen-bond acceptors (Lipinski definition) is 5. The standard InChI is InChI=1S/C15H11Cl2NO4S/c1-23-14-7(4-5-8(16)10(14)17)12(19)9-11(15(20)21)18-22-13(9)6-2-3-6/h4-6H,2-3H2,1H3,(H,20,21). The number of hydrogen-bond donors (Lipinski definition) is 1. The number of thioether (sulfide) groups is 1. The van der Waals surface area contributed by atoms with Gasteiger partial charge < -0.3 is 9.63 Å². The first-order valence-corrected chi connectivity index (χ1v) is 8.73. The second-order valence-electron chi connectivity index (χ2n) is 5.12. The zero-order chi connectivity index (χ0) is 16.7. The molecule has 1 saturated carbocycles. The van der Waals surface area contributed by atoms with Crippen molar-refractivity contribution in [2.24, 2.45) is 0 Å². The van der Waals surface area contributed by atoms with Gasteiger partial charge in [-0.25, -0.2) is 4.79 Å². The van der Waals surface area contributed by atoms with Crippen LogP contribution in [0.3, 0.4) is 0 Å². The van der Waals surface area contributed by atoms with Crippen molar-refractivity contribution in [3.8, 4) is 0 Å². The van der Waals surface area contributed by atoms with Crippen molar-refractivity contribution >= 4 is 46.7 Å². The molecule has 1 aromatic heterocycles. The van der Waals surface area contributed by atoms with Gasteiger partial charge >= 0.3 is 5.97 Å². The monoisotopic (exact) mass is 371 g/mol. The predicted octanol–water partition coefficient (Wildman–Crippen LogP) is 4.51. The van der Waals surface area contributed by atoms with Gasteiger partial charge in [0.15, 0.2) is 11.5 Å². The average molecular weight is 372 g/mol. The van der Waals surface area contributed by atoms with E-state index in [-0.39, 0.29) is 22.2 Å². The molecule has 0 amide bonds. The molecular formula is C15H11Cl2NO4S. The number of carbonyl (C=O) groups is 2. The number of ketones is 1. The summed E-state index contributed by atoms with van der Waals surface area (Å²) in [5.41, 5.74) is -0.0665. The van der Waals surface area contributed by atoms with E-state index in [0.717, 1.165) is 12.8 Å². The Bertz CT molecular complexity index is 814. The maximum atomic E-state index is 13.0. The minimum absolute atomic E-state index is 0.00805. The van der Waals surface area contributed by atoms with Gasteiger partial charge in [-0.05, 0) is 31.2 Å². The fourth-order valence-electron chi connectivity index (χ4n) is 2.34. The van der Waals surface area contributed by atoms with Crippen molar-refractivity contribution in [1.82, 2.24) is 5.16 Å². The number of carboxylic acids is 1. The Hall–Kier alpha value is -1.50. The molecule has 8 heteroatoms. The lowest BCUT2D eigenvalue weighted by Crippen LogP contribution is -2.11. The van der Waals surface area contributed by atoms with Gasteiger partial charge in [0.1, 0.15) is 5.56 Å². The van der Waals surface area contributed by atoms with Gasteiger partial charge in [-0.2, -0.15) is 0 Å². The summed E-state index contributed by atoms with van der Waals surface area (Å²) in [5.74, 6) is -1.37. The number of carbonyl (C=O) groups excluding carboxylic acids is 1. The van der Waals surface area contributed by atoms with Crippen LogP contribution < -0.4 is 0 Å². The molecule has 0 unspecified atom stereocenters. The van der Waals surface area contributed by atoms with E-state index in [2.05, 4.69) is 5.16 Å². The third-order valence-electron chi connectivity index (χ3n) is 3.59. The van der Waals surface area contributed by atoms with E-state index in [9.17, 15) is 14.7 Å². The largest absolute Gasteiger partial charge is 0.476 e. The summed E-state index contributed by atoms with van der Waals surface area (Å²) in [6.07, 6.45) is 3.47. The van der Waals surface area contributed by atoms with E-state index in [1.54, 1.807) is 6.26 Å². The Labute approximate surface area is 145 Å². The highest BCUT2D eigenvalue weighted by molar-refractivity contribution is 7.98. The second-order valence-corrected chi connectivity index (χ2v) is 6.72. The van der Waals surface area contributed by atoms with E-state index >= 15 is 0 Å². The van der Waals surface area contributed by atoms with Crippen LogP contribution in [0.15, 0.2) is 21.6 Å². The van der Waals surface area contributed by atoms with Crippen molar-refractivity contribution in [3.63, 3.8) is 0 Å². The topological polar surface area (TPSA) is 80.4 Å². The molecule has 23 heavy (non-hydrogen) atoms. The first kappa shape index (κ1) is 16.4. The number of aromatic carboxylic acids is 1. The Morgan fingerprint density at radius 2 is 2.04 bits per heavy atom. The van der Waals surface area contributed by atoms with Gasteiger partial charge in [-0.15, -0.1) is 11.8 Å². The Morgan fingerprint density at radius 3 is 2.61 bits per heavy atom. The summed E-state index contributed by atoms with van der Waals surface area (Å²) < 4.78 is 5.13. The SMILES string of the molecule is CSc1c(C(=O)c2c(C(=O)O)noc2C2CC2)ccc(Cl)c1Cl. The smallest absolute Gasteiger partial charge is 0.358 e. The molecule has 0 radical (unpaired) electrons. The highest BCUT2D eigenvalue weighted by Crippen LogP contribution is 2.44. The fraction of sp³-hybridized carbons (Fsp3) is 0.267. The van der Waals surface area contributed by atoms with Crippen molar-refractivity contribution in [3.05, 3.63) is 44.8 Å². The van der Waals surface area contributed by atoms with Crippen molar-refractivity contribution in [2.75, 3.05) is 6.26 Å². The first-order valence-electron chi connectivity index (χ1n) is 6.75. The van der Waals surface area contributed by atoms with Crippen molar-refractivity contribution in [1.29, 1.82) is 0 Å². The van der Waals surface area contributed by atoms with Crippen molar-refractivity contribution in [2.45, 2.75) is 23.7 Å². The Kier molecular flexibility index (Phi) is 4.40. The molecular weight excluding hydrogens is 361 g/mol. The van der Waals surface area contributed by atoms with Crippen LogP contribution in [0.25, 0.3) is 0 Å². The quantitative estimate of drug-likeness (QED) is 0.614. The summed E-state index contributed by atoms with van der Waals surface area (Å²) in [5, 5.41) is 13.4. The summed E-state index contributed by atoms with van der Waals surface area (Å²) in [7, 11) is 0. The lowest BCUT2D eigenvalue weighted by atomic mass is 9.99.